The molecule has 0 aromatic heterocycles. The van der Waals surface area contributed by atoms with Gasteiger partial charge < -0.3 is 9.84 Å². The Morgan fingerprint density at radius 1 is 1.20 bits per heavy atom. The molecule has 0 aliphatic rings. The molecule has 0 radical (unpaired) electrons. The molecule has 0 heterocycles. The number of aliphatic hydroxyl groups excluding tert-OH is 1. The van der Waals surface area contributed by atoms with Crippen LogP contribution < -0.4 is 4.74 Å². The molecule has 0 saturated carbocycles. The number of hydrogen-bond acceptors (Lipinski definition) is 2. The van der Waals surface area contributed by atoms with Gasteiger partial charge in [0.15, 0.2) is 0 Å². The van der Waals surface area contributed by atoms with E-state index in [9.17, 15) is 13.9 Å². The van der Waals surface area contributed by atoms with Crippen molar-refractivity contribution in [3.63, 3.8) is 0 Å². The predicted molar refractivity (Wildman–Crippen MR) is 75.8 cm³/mol. The van der Waals surface area contributed by atoms with Crippen molar-refractivity contribution in [3.05, 3.63) is 62.6 Å². The van der Waals surface area contributed by atoms with Crippen LogP contribution >= 0.6 is 27.5 Å². The maximum atomic E-state index is 13.8. The largest absolute Gasteiger partial charge is 0.488 e. The Hall–Kier alpha value is -1.17. The first-order valence-corrected chi connectivity index (χ1v) is 6.84. The molecule has 0 aliphatic heterocycles. The van der Waals surface area contributed by atoms with Crippen LogP contribution in [-0.2, 0) is 13.2 Å². The minimum atomic E-state index is -0.704. The zero-order valence-corrected chi connectivity index (χ0v) is 12.5. The molecule has 6 heteroatoms. The van der Waals surface area contributed by atoms with Crippen molar-refractivity contribution in [2.24, 2.45) is 0 Å². The average Bonchev–Trinajstić information content (AvgIpc) is 2.44. The highest BCUT2D eigenvalue weighted by atomic mass is 79.9. The fourth-order valence-electron chi connectivity index (χ4n) is 1.66. The molecular formula is C14H10BrClF2O2. The second-order valence-electron chi connectivity index (χ2n) is 4.02. The summed E-state index contributed by atoms with van der Waals surface area (Å²) in [6.45, 7) is -0.564. The summed E-state index contributed by atoms with van der Waals surface area (Å²) in [5.41, 5.74) is 0.270. The van der Waals surface area contributed by atoms with Gasteiger partial charge in [0.05, 0.1) is 16.6 Å². The van der Waals surface area contributed by atoms with Crippen molar-refractivity contribution in [2.45, 2.75) is 13.2 Å². The zero-order chi connectivity index (χ0) is 14.7. The molecule has 20 heavy (non-hydrogen) atoms. The molecule has 2 nitrogen and oxygen atoms in total. The molecule has 1 N–H and O–H groups in total. The third-order valence-electron chi connectivity index (χ3n) is 2.70. The molecular weight excluding hydrogens is 354 g/mol. The Labute approximate surface area is 128 Å². The lowest BCUT2D eigenvalue weighted by atomic mass is 10.2. The molecule has 0 spiro atoms. The van der Waals surface area contributed by atoms with E-state index >= 15 is 0 Å². The summed E-state index contributed by atoms with van der Waals surface area (Å²) in [6, 6.07) is 7.09. The number of rotatable bonds is 4. The second-order valence-corrected chi connectivity index (χ2v) is 5.31. The van der Waals surface area contributed by atoms with E-state index in [0.717, 1.165) is 6.07 Å². The first-order valence-electron chi connectivity index (χ1n) is 5.67. The van der Waals surface area contributed by atoms with Crippen LogP contribution in [-0.4, -0.2) is 5.11 Å². The quantitative estimate of drug-likeness (QED) is 0.813. The highest BCUT2D eigenvalue weighted by molar-refractivity contribution is 9.10. The first-order chi connectivity index (χ1) is 9.52. The van der Waals surface area contributed by atoms with Gasteiger partial charge in [-0.25, -0.2) is 8.78 Å². The maximum absolute atomic E-state index is 13.8. The zero-order valence-electron chi connectivity index (χ0n) is 10.2. The number of hydrogen-bond donors (Lipinski definition) is 1. The summed E-state index contributed by atoms with van der Waals surface area (Å²) >= 11 is 8.78. The topological polar surface area (TPSA) is 29.5 Å². The van der Waals surface area contributed by atoms with Crippen LogP contribution in [0.25, 0.3) is 0 Å². The molecule has 0 fully saturated rings. The van der Waals surface area contributed by atoms with Gasteiger partial charge in [-0.1, -0.05) is 11.6 Å². The molecule has 0 bridgehead atoms. The van der Waals surface area contributed by atoms with E-state index < -0.39 is 11.6 Å². The number of aliphatic hydroxyl groups is 1. The van der Waals surface area contributed by atoms with E-state index in [4.69, 9.17) is 16.3 Å². The average molecular weight is 364 g/mol. The predicted octanol–water partition coefficient (Wildman–Crippen LogP) is 4.45. The van der Waals surface area contributed by atoms with Crippen LogP contribution in [0.15, 0.2) is 34.8 Å². The number of ether oxygens (including phenoxy) is 1. The molecule has 0 amide bonds. The monoisotopic (exact) mass is 362 g/mol. The fraction of sp³-hybridized carbons (Fsp3) is 0.143. The Kier molecular flexibility index (Phi) is 4.96. The Morgan fingerprint density at radius 3 is 2.65 bits per heavy atom. The normalized spacial score (nSPS) is 10.7. The smallest absolute Gasteiger partial charge is 0.146 e. The summed E-state index contributed by atoms with van der Waals surface area (Å²) in [5.74, 6) is -1.06. The Balaban J connectivity index is 2.23. The van der Waals surface area contributed by atoms with E-state index in [0.29, 0.717) is 16.3 Å². The molecule has 0 saturated heterocycles. The van der Waals surface area contributed by atoms with Gasteiger partial charge >= 0.3 is 0 Å². The lowest BCUT2D eigenvalue weighted by molar-refractivity contribution is 0.255. The molecule has 0 unspecified atom stereocenters. The second kappa shape index (κ2) is 6.52. The van der Waals surface area contributed by atoms with E-state index in [2.05, 4.69) is 15.9 Å². The molecule has 0 aliphatic carbocycles. The van der Waals surface area contributed by atoms with E-state index in [1.165, 1.54) is 12.1 Å². The lowest BCUT2D eigenvalue weighted by Gasteiger charge is -2.12. The van der Waals surface area contributed by atoms with Crippen LogP contribution in [0.5, 0.6) is 5.75 Å². The summed E-state index contributed by atoms with van der Waals surface area (Å²) in [4.78, 5) is 0. The van der Waals surface area contributed by atoms with Crippen molar-refractivity contribution in [3.8, 4) is 5.75 Å². The molecule has 2 rings (SSSR count). The van der Waals surface area contributed by atoms with Gasteiger partial charge in [0.2, 0.25) is 0 Å². The fourth-order valence-corrected chi connectivity index (χ4v) is 2.23. The van der Waals surface area contributed by atoms with Gasteiger partial charge in [0.25, 0.3) is 0 Å². The third-order valence-corrected chi connectivity index (χ3v) is 3.55. The lowest BCUT2D eigenvalue weighted by Crippen LogP contribution is -2.04. The minimum absolute atomic E-state index is 0.163. The van der Waals surface area contributed by atoms with Gasteiger partial charge in [0.1, 0.15) is 24.0 Å². The summed E-state index contributed by atoms with van der Waals surface area (Å²) in [5, 5.41) is 9.64. The minimum Gasteiger partial charge on any atom is -0.488 e. The third kappa shape index (κ3) is 3.29. The maximum Gasteiger partial charge on any atom is 0.146 e. The first kappa shape index (κ1) is 15.2. The summed E-state index contributed by atoms with van der Waals surface area (Å²) in [6.07, 6.45) is 0. The standard InChI is InChI=1S/C14H10BrClF2O2/c15-11-2-3-12(17)10(14(11)18)7-20-13-4-1-9(16)5-8(13)6-19/h1-5,19H,6-7H2. The van der Waals surface area contributed by atoms with Crippen LogP contribution in [0.2, 0.25) is 5.02 Å². The molecule has 106 valence electrons. The van der Waals surface area contributed by atoms with Crippen molar-refractivity contribution in [1.29, 1.82) is 0 Å². The summed E-state index contributed by atoms with van der Waals surface area (Å²) in [7, 11) is 0. The van der Waals surface area contributed by atoms with Crippen molar-refractivity contribution >= 4 is 27.5 Å². The van der Waals surface area contributed by atoms with Crippen molar-refractivity contribution in [2.75, 3.05) is 0 Å². The van der Waals surface area contributed by atoms with Gasteiger partial charge in [0, 0.05) is 10.6 Å². The van der Waals surface area contributed by atoms with Crippen LogP contribution in [0.4, 0.5) is 8.78 Å². The molecule has 2 aromatic carbocycles. The number of halogens is 4. The highest BCUT2D eigenvalue weighted by Crippen LogP contribution is 2.26. The van der Waals surface area contributed by atoms with Gasteiger partial charge in [-0.3, -0.25) is 0 Å². The van der Waals surface area contributed by atoms with Crippen molar-refractivity contribution in [1.82, 2.24) is 0 Å². The van der Waals surface area contributed by atoms with E-state index in [1.807, 2.05) is 0 Å². The Bertz CT molecular complexity index is 635. The van der Waals surface area contributed by atoms with Gasteiger partial charge in [-0.2, -0.15) is 0 Å². The SMILES string of the molecule is OCc1cc(Cl)ccc1OCc1c(F)ccc(Br)c1F. The molecule has 2 aromatic rings. The van der Waals surface area contributed by atoms with Gasteiger partial charge in [-0.15, -0.1) is 0 Å². The Morgan fingerprint density at radius 2 is 1.95 bits per heavy atom. The van der Waals surface area contributed by atoms with Crippen LogP contribution in [0.1, 0.15) is 11.1 Å². The van der Waals surface area contributed by atoms with Crippen molar-refractivity contribution < 1.29 is 18.6 Å². The van der Waals surface area contributed by atoms with Gasteiger partial charge in [-0.05, 0) is 46.3 Å². The van der Waals surface area contributed by atoms with E-state index in [1.54, 1.807) is 12.1 Å². The van der Waals surface area contributed by atoms with Crippen LogP contribution in [0.3, 0.4) is 0 Å². The highest BCUT2D eigenvalue weighted by Gasteiger charge is 2.14. The van der Waals surface area contributed by atoms with Crippen LogP contribution in [0, 0.1) is 11.6 Å². The molecule has 0 atom stereocenters. The summed E-state index contributed by atoms with van der Waals surface area (Å²) < 4.78 is 32.9. The number of benzene rings is 2. The van der Waals surface area contributed by atoms with E-state index in [-0.39, 0.29) is 23.2 Å².